The fraction of sp³-hybridized carbons (Fsp3) is 0.190. The number of aryl methyl sites for hydroxylation is 2. The molecule has 7 heteroatoms. The maximum absolute atomic E-state index is 12.3. The minimum Gasteiger partial charge on any atom is -0.479 e. The molecule has 1 amide bonds. The van der Waals surface area contributed by atoms with Crippen molar-refractivity contribution in [3.8, 4) is 5.75 Å². The first-order valence-electron chi connectivity index (χ1n) is 8.68. The van der Waals surface area contributed by atoms with E-state index < -0.39 is 12.1 Å². The van der Waals surface area contributed by atoms with Crippen molar-refractivity contribution in [2.24, 2.45) is 4.99 Å². The lowest BCUT2D eigenvalue weighted by Crippen LogP contribution is -2.22. The largest absolute Gasteiger partial charge is 0.479 e. The molecule has 1 heterocycles. The van der Waals surface area contributed by atoms with E-state index in [2.05, 4.69) is 10.3 Å². The first-order chi connectivity index (χ1) is 13.3. The average Bonchev–Trinajstić information content (AvgIpc) is 2.97. The van der Waals surface area contributed by atoms with Crippen LogP contribution in [0.4, 0.5) is 5.69 Å². The number of thioether (sulfide) groups is 1. The Kier molecular flexibility index (Phi) is 5.84. The molecule has 0 radical (unpaired) electrons. The minimum absolute atomic E-state index is 0.223. The van der Waals surface area contributed by atoms with Gasteiger partial charge in [-0.3, -0.25) is 4.79 Å². The standard InChI is InChI=1S/C21H20N2O4S/c1-12-7-8-17(13(2)9-12)22-21-23-19(24)18(28-21)11-15-5-4-6-16(10-15)27-14(3)20(25)26/h4-11,14H,1-3H3,(H,25,26)(H,22,23,24)/b18-11+. The number of carboxylic acid groups (broad SMARTS) is 1. The lowest BCUT2D eigenvalue weighted by atomic mass is 10.1. The number of amides is 1. The Labute approximate surface area is 167 Å². The number of hydrogen-bond donors (Lipinski definition) is 2. The number of benzene rings is 2. The maximum Gasteiger partial charge on any atom is 0.344 e. The fourth-order valence-corrected chi connectivity index (χ4v) is 3.44. The van der Waals surface area contributed by atoms with Crippen molar-refractivity contribution in [2.45, 2.75) is 26.9 Å². The van der Waals surface area contributed by atoms with Gasteiger partial charge in [0.2, 0.25) is 0 Å². The third-order valence-electron chi connectivity index (χ3n) is 4.04. The van der Waals surface area contributed by atoms with Gasteiger partial charge in [0.15, 0.2) is 11.3 Å². The van der Waals surface area contributed by atoms with Crippen LogP contribution in [0.15, 0.2) is 52.4 Å². The molecule has 0 aromatic heterocycles. The van der Waals surface area contributed by atoms with E-state index in [0.717, 1.165) is 22.4 Å². The van der Waals surface area contributed by atoms with Crippen LogP contribution in [0.1, 0.15) is 23.6 Å². The van der Waals surface area contributed by atoms with E-state index in [1.165, 1.54) is 18.7 Å². The monoisotopic (exact) mass is 396 g/mol. The number of rotatable bonds is 5. The molecule has 2 aromatic carbocycles. The molecule has 1 fully saturated rings. The van der Waals surface area contributed by atoms with E-state index in [1.807, 2.05) is 38.1 Å². The third-order valence-corrected chi connectivity index (χ3v) is 4.95. The van der Waals surface area contributed by atoms with Crippen molar-refractivity contribution < 1.29 is 19.4 Å². The van der Waals surface area contributed by atoms with Crippen LogP contribution in [0.5, 0.6) is 5.75 Å². The number of hydrogen-bond acceptors (Lipinski definition) is 5. The van der Waals surface area contributed by atoms with Gasteiger partial charge in [-0.2, -0.15) is 0 Å². The maximum atomic E-state index is 12.3. The number of carbonyl (C=O) groups excluding carboxylic acids is 1. The second-order valence-corrected chi connectivity index (χ2v) is 7.47. The van der Waals surface area contributed by atoms with E-state index in [0.29, 0.717) is 15.8 Å². The molecule has 0 bridgehead atoms. The molecular formula is C21H20N2O4S. The Bertz CT molecular complexity index is 998. The Hall–Kier alpha value is -3.06. The van der Waals surface area contributed by atoms with Gasteiger partial charge in [-0.1, -0.05) is 29.8 Å². The van der Waals surface area contributed by atoms with Crippen molar-refractivity contribution in [1.82, 2.24) is 5.32 Å². The highest BCUT2D eigenvalue weighted by molar-refractivity contribution is 8.18. The first-order valence-corrected chi connectivity index (χ1v) is 9.50. The molecule has 1 saturated heterocycles. The van der Waals surface area contributed by atoms with Crippen LogP contribution in [0.3, 0.4) is 0 Å². The summed E-state index contributed by atoms with van der Waals surface area (Å²) in [5.74, 6) is -0.836. The van der Waals surface area contributed by atoms with Gasteiger partial charge in [0.05, 0.1) is 10.6 Å². The highest BCUT2D eigenvalue weighted by atomic mass is 32.2. The Morgan fingerprint density at radius 3 is 2.75 bits per heavy atom. The van der Waals surface area contributed by atoms with Gasteiger partial charge in [-0.25, -0.2) is 9.79 Å². The van der Waals surface area contributed by atoms with Crippen LogP contribution >= 0.6 is 11.8 Å². The number of carboxylic acids is 1. The van der Waals surface area contributed by atoms with Gasteiger partial charge in [-0.15, -0.1) is 0 Å². The predicted molar refractivity (Wildman–Crippen MR) is 111 cm³/mol. The summed E-state index contributed by atoms with van der Waals surface area (Å²) < 4.78 is 5.37. The van der Waals surface area contributed by atoms with Crippen molar-refractivity contribution in [1.29, 1.82) is 0 Å². The Balaban J connectivity index is 1.79. The Morgan fingerprint density at radius 1 is 1.25 bits per heavy atom. The molecule has 28 heavy (non-hydrogen) atoms. The van der Waals surface area contributed by atoms with E-state index in [-0.39, 0.29) is 5.91 Å². The summed E-state index contributed by atoms with van der Waals surface area (Å²) in [6.07, 6.45) is 0.770. The number of nitrogens with zero attached hydrogens (tertiary/aromatic N) is 1. The number of nitrogens with one attached hydrogen (secondary N) is 1. The summed E-state index contributed by atoms with van der Waals surface area (Å²) in [4.78, 5) is 28.3. The Morgan fingerprint density at radius 2 is 2.04 bits per heavy atom. The molecule has 1 atom stereocenters. The zero-order valence-electron chi connectivity index (χ0n) is 15.7. The van der Waals surface area contributed by atoms with Crippen molar-refractivity contribution in [3.05, 3.63) is 64.1 Å². The summed E-state index contributed by atoms with van der Waals surface area (Å²) in [7, 11) is 0. The highest BCUT2D eigenvalue weighted by Gasteiger charge is 2.24. The van der Waals surface area contributed by atoms with Crippen molar-refractivity contribution >= 4 is 40.6 Å². The summed E-state index contributed by atoms with van der Waals surface area (Å²) in [6.45, 7) is 5.46. The first kappa shape index (κ1) is 19.7. The van der Waals surface area contributed by atoms with E-state index in [4.69, 9.17) is 9.84 Å². The van der Waals surface area contributed by atoms with E-state index in [1.54, 1.807) is 24.3 Å². The van der Waals surface area contributed by atoms with Crippen LogP contribution in [-0.4, -0.2) is 28.3 Å². The van der Waals surface area contributed by atoms with E-state index >= 15 is 0 Å². The zero-order valence-corrected chi connectivity index (χ0v) is 16.5. The van der Waals surface area contributed by atoms with Gasteiger partial charge in [-0.05, 0) is 67.9 Å². The lowest BCUT2D eigenvalue weighted by molar-refractivity contribution is -0.144. The SMILES string of the molecule is Cc1ccc(N=C2NC(=O)/C(=C\c3cccc(OC(C)C(=O)O)c3)S2)c(C)c1. The molecule has 1 unspecified atom stereocenters. The molecule has 3 rings (SSSR count). The van der Waals surface area contributed by atoms with E-state index in [9.17, 15) is 9.59 Å². The van der Waals surface area contributed by atoms with Crippen LogP contribution in [-0.2, 0) is 9.59 Å². The van der Waals surface area contributed by atoms with Crippen LogP contribution in [0, 0.1) is 13.8 Å². The van der Waals surface area contributed by atoms with Crippen LogP contribution in [0.25, 0.3) is 6.08 Å². The molecule has 1 aliphatic heterocycles. The van der Waals surface area contributed by atoms with Crippen molar-refractivity contribution in [2.75, 3.05) is 0 Å². The normalized spacial score (nSPS) is 17.6. The van der Waals surface area contributed by atoms with Crippen LogP contribution < -0.4 is 10.1 Å². The summed E-state index contributed by atoms with van der Waals surface area (Å²) in [5, 5.41) is 12.3. The minimum atomic E-state index is -1.04. The average molecular weight is 396 g/mol. The predicted octanol–water partition coefficient (Wildman–Crippen LogP) is 4.05. The second kappa shape index (κ2) is 8.31. The van der Waals surface area contributed by atoms with Gasteiger partial charge in [0.25, 0.3) is 5.91 Å². The number of aliphatic carboxylic acids is 1. The quantitative estimate of drug-likeness (QED) is 0.745. The molecule has 0 saturated carbocycles. The molecule has 0 aliphatic carbocycles. The summed E-state index contributed by atoms with van der Waals surface area (Å²) in [6, 6.07) is 12.9. The molecule has 144 valence electrons. The highest BCUT2D eigenvalue weighted by Crippen LogP contribution is 2.30. The van der Waals surface area contributed by atoms with Gasteiger partial charge < -0.3 is 15.2 Å². The summed E-state index contributed by atoms with van der Waals surface area (Å²) in [5.41, 5.74) is 3.75. The molecule has 0 spiro atoms. The second-order valence-electron chi connectivity index (χ2n) is 6.44. The summed E-state index contributed by atoms with van der Waals surface area (Å²) >= 11 is 1.26. The molecule has 6 nitrogen and oxygen atoms in total. The van der Waals surface area contributed by atoms with Crippen LogP contribution in [0.2, 0.25) is 0 Å². The number of ether oxygens (including phenoxy) is 1. The topological polar surface area (TPSA) is 88.0 Å². The fourth-order valence-electron chi connectivity index (χ4n) is 2.60. The number of carbonyl (C=O) groups is 2. The molecular weight excluding hydrogens is 376 g/mol. The zero-order chi connectivity index (χ0) is 20.3. The molecule has 1 aliphatic rings. The molecule has 2 N–H and O–H groups in total. The number of amidine groups is 1. The van der Waals surface area contributed by atoms with Gasteiger partial charge >= 0.3 is 5.97 Å². The van der Waals surface area contributed by atoms with Gasteiger partial charge in [0.1, 0.15) is 5.75 Å². The molecule has 2 aromatic rings. The lowest BCUT2D eigenvalue weighted by Gasteiger charge is -2.10. The third kappa shape index (κ3) is 4.80. The van der Waals surface area contributed by atoms with Gasteiger partial charge in [0, 0.05) is 0 Å². The number of aliphatic imine (C=N–C) groups is 1. The smallest absolute Gasteiger partial charge is 0.344 e. The van der Waals surface area contributed by atoms with Crippen molar-refractivity contribution in [3.63, 3.8) is 0 Å².